The standard InChI is InChI=1S/2C26H28N2O2.C25H27N3O2.2C25H26N2O2/c2*1-18-14-23(15-19(2)27-18)21-7-5-20(6-8-21)17-28-11-3-4-24(28)22-9-10-25-26(16-22)30-13-12-29-25;1-17-14-22(27-18(2)26-17)20-7-5-19(6-8-20)16-28-11-3-4-23(28)21-9-10-24-25(15-21)30-13-12-29-24;2*1-18-15-21(10-11-26-18)20-6-4-19(5-7-20)17-27-12-2-3-23(27)22-8-9-24-25(16-22)29-14-13-28-24/h2*5-10,14-16,24H,3-4,11-13,17H2,1-2H3;5-10,14-15,23H,3-4,11-13,16H2,1-2H3;2*4-11,15-16,23H,2-3,12-14,17H2,1H3/t2*24-;3*23-/m10010/s1. The van der Waals surface area contributed by atoms with Crippen LogP contribution in [0.3, 0.4) is 0 Å². The summed E-state index contributed by atoms with van der Waals surface area (Å²) in [5.41, 5.74) is 32.7. The Morgan fingerprint density at radius 1 is 0.203 bits per heavy atom. The van der Waals surface area contributed by atoms with E-state index in [0.29, 0.717) is 96.3 Å². The normalized spacial score (nSPS) is 18.6. The van der Waals surface area contributed by atoms with Gasteiger partial charge in [0.2, 0.25) is 0 Å². The van der Waals surface area contributed by atoms with Gasteiger partial charge in [-0.15, -0.1) is 0 Å². The number of nitrogens with zero attached hydrogens (tertiary/aromatic N) is 11. The maximum atomic E-state index is 5.80. The molecule has 15 heterocycles. The molecule has 0 spiro atoms. The predicted octanol–water partition coefficient (Wildman–Crippen LogP) is 26.1. The van der Waals surface area contributed by atoms with Gasteiger partial charge in [0.05, 0.1) is 5.69 Å². The van der Waals surface area contributed by atoms with E-state index in [9.17, 15) is 0 Å². The highest BCUT2D eigenvalue weighted by molar-refractivity contribution is 5.68. The molecule has 0 radical (unpaired) electrons. The molecule has 0 unspecified atom stereocenters. The SMILES string of the molecule is Cc1cc(-c2ccc(CN3CCC[C@@H]3c3ccc4c(c3)OCCO4)cc2)cc(C)n1.Cc1cc(-c2ccc(CN3CCC[C@@H]3c3ccc4c(c3)OCCO4)cc2)ccn1.Cc1cc(-c2ccc(CN3CCC[C@H]3c3ccc4c(c3)OCCO4)cc2)cc(C)n1.Cc1cc(-c2ccc(CN3CCC[C@H]3c3ccc4c(c3)OCCO4)cc2)ccn1.Cc1cc(-c2ccc(CN3CCC[C@H]3c3ccc4c(c3)OCCO4)cc2)nc(C)n1. The Morgan fingerprint density at radius 2 is 0.426 bits per heavy atom. The Kier molecular flexibility index (Phi) is 31.5. The van der Waals surface area contributed by atoms with E-state index in [4.69, 9.17) is 47.4 Å². The van der Waals surface area contributed by atoms with Crippen LogP contribution in [0, 0.1) is 55.4 Å². The second-order valence-electron chi connectivity index (χ2n) is 40.7. The van der Waals surface area contributed by atoms with Crippen LogP contribution in [-0.2, 0) is 32.7 Å². The third-order valence-electron chi connectivity index (χ3n) is 29.8. The van der Waals surface area contributed by atoms with Gasteiger partial charge >= 0.3 is 0 Å². The van der Waals surface area contributed by atoms with Crippen LogP contribution in [0.15, 0.2) is 279 Å². The van der Waals surface area contributed by atoms with Crippen LogP contribution in [0.4, 0.5) is 0 Å². The van der Waals surface area contributed by atoms with Crippen molar-refractivity contribution in [3.05, 3.63) is 381 Å². The van der Waals surface area contributed by atoms with Crippen LogP contribution >= 0.6 is 0 Å². The molecule has 10 aliphatic rings. The van der Waals surface area contributed by atoms with Crippen molar-refractivity contribution in [1.29, 1.82) is 0 Å². The van der Waals surface area contributed by atoms with E-state index in [2.05, 4.69) is 343 Å². The summed E-state index contributed by atoms with van der Waals surface area (Å²) < 4.78 is 57.4. The molecule has 0 aliphatic carbocycles. The number of hydrogen-bond donors (Lipinski definition) is 0. The number of benzene rings is 10. The van der Waals surface area contributed by atoms with Crippen molar-refractivity contribution in [2.75, 3.05) is 98.8 Å². The lowest BCUT2D eigenvalue weighted by molar-refractivity contribution is 0.170. The molecule has 21 heteroatoms. The van der Waals surface area contributed by atoms with Crippen molar-refractivity contribution < 1.29 is 47.4 Å². The molecule has 10 aliphatic heterocycles. The van der Waals surface area contributed by atoms with Crippen LogP contribution < -0.4 is 47.4 Å². The first kappa shape index (κ1) is 99.6. The predicted molar refractivity (Wildman–Crippen MR) is 583 cm³/mol. The summed E-state index contributed by atoms with van der Waals surface area (Å²) in [7, 11) is 0. The summed E-state index contributed by atoms with van der Waals surface area (Å²) in [4.78, 5) is 39.4. The topological polar surface area (TPSA) is 186 Å². The van der Waals surface area contributed by atoms with Crippen molar-refractivity contribution in [2.24, 2.45) is 0 Å². The minimum atomic E-state index is 0.424. The average Bonchev–Trinajstić information content (AvgIpc) is 1.59. The van der Waals surface area contributed by atoms with E-state index in [1.54, 1.807) is 0 Å². The van der Waals surface area contributed by atoms with Gasteiger partial charge < -0.3 is 47.4 Å². The fourth-order valence-electron chi connectivity index (χ4n) is 22.8. The van der Waals surface area contributed by atoms with E-state index in [1.807, 2.05) is 46.2 Å². The largest absolute Gasteiger partial charge is 0.486 e. The van der Waals surface area contributed by atoms with Crippen LogP contribution in [0.2, 0.25) is 0 Å². The third-order valence-corrected chi connectivity index (χ3v) is 29.8. The molecule has 15 aromatic rings. The third kappa shape index (κ3) is 24.7. The molecule has 0 saturated carbocycles. The van der Waals surface area contributed by atoms with Crippen LogP contribution in [0.5, 0.6) is 57.5 Å². The maximum Gasteiger partial charge on any atom is 0.161 e. The number of aromatic nitrogens is 6. The lowest BCUT2D eigenvalue weighted by Crippen LogP contribution is -2.23. The second-order valence-corrected chi connectivity index (χ2v) is 40.7. The van der Waals surface area contributed by atoms with Crippen LogP contribution in [0.1, 0.15) is 196 Å². The van der Waals surface area contributed by atoms with E-state index in [0.717, 1.165) is 180 Å². The van der Waals surface area contributed by atoms with Gasteiger partial charge in [0.25, 0.3) is 0 Å². The molecule has 5 atom stereocenters. The second kappa shape index (κ2) is 46.8. The highest BCUT2D eigenvalue weighted by atomic mass is 16.6. The van der Waals surface area contributed by atoms with E-state index >= 15 is 0 Å². The lowest BCUT2D eigenvalue weighted by atomic mass is 10.0. The van der Waals surface area contributed by atoms with E-state index in [-0.39, 0.29) is 0 Å². The zero-order chi connectivity index (χ0) is 101. The molecule has 0 bridgehead atoms. The van der Waals surface area contributed by atoms with Crippen LogP contribution in [0.25, 0.3) is 55.8 Å². The monoisotopic (exact) mass is 1970 g/mol. The number of ether oxygens (including phenoxy) is 10. The minimum Gasteiger partial charge on any atom is -0.486 e. The molecule has 25 rings (SSSR count). The Morgan fingerprint density at radius 3 is 0.669 bits per heavy atom. The number of fused-ring (bicyclic) bond motifs is 5. The zero-order valence-electron chi connectivity index (χ0n) is 86.7. The Bertz CT molecular complexity index is 6460. The van der Waals surface area contributed by atoms with Gasteiger partial charge in [-0.3, -0.25) is 44.4 Å². The zero-order valence-corrected chi connectivity index (χ0v) is 86.7. The molecule has 21 nitrogen and oxygen atoms in total. The number of hydrogen-bond acceptors (Lipinski definition) is 21. The van der Waals surface area contributed by atoms with Gasteiger partial charge in [0.1, 0.15) is 71.9 Å². The fourth-order valence-corrected chi connectivity index (χ4v) is 22.8. The first-order valence-electron chi connectivity index (χ1n) is 53.2. The summed E-state index contributed by atoms with van der Waals surface area (Å²) >= 11 is 0. The van der Waals surface area contributed by atoms with E-state index in [1.165, 1.54) is 164 Å². The summed E-state index contributed by atoms with van der Waals surface area (Å²) in [6, 6.07) is 98.1. The average molecular weight is 1980 g/mol. The Hall–Kier alpha value is -14.3. The van der Waals surface area contributed by atoms with Crippen LogP contribution in [-0.4, -0.2) is 153 Å². The Labute approximate surface area is 871 Å². The first-order valence-corrected chi connectivity index (χ1v) is 53.2. The van der Waals surface area contributed by atoms with Crippen molar-refractivity contribution >= 4 is 0 Å². The van der Waals surface area contributed by atoms with Crippen molar-refractivity contribution in [3.63, 3.8) is 0 Å². The maximum absolute atomic E-state index is 5.80. The molecule has 5 aromatic heterocycles. The number of aryl methyl sites for hydroxylation is 8. The van der Waals surface area contributed by atoms with Crippen molar-refractivity contribution in [2.45, 2.75) is 183 Å². The molecule has 5 fully saturated rings. The minimum absolute atomic E-state index is 0.424. The van der Waals surface area contributed by atoms with Crippen molar-refractivity contribution in [3.8, 4) is 113 Å². The van der Waals surface area contributed by atoms with Gasteiger partial charge in [-0.25, -0.2) is 9.97 Å². The number of pyridine rings is 4. The molecule has 5 saturated heterocycles. The molecule has 10 aromatic carbocycles. The van der Waals surface area contributed by atoms with Crippen molar-refractivity contribution in [1.82, 2.24) is 54.4 Å². The molecule has 148 heavy (non-hydrogen) atoms. The fraction of sp³-hybridized carbons (Fsp3) is 0.339. The van der Waals surface area contributed by atoms with Gasteiger partial charge in [0, 0.05) is 121 Å². The number of likely N-dealkylation sites (tertiary alicyclic amines) is 5. The van der Waals surface area contributed by atoms with Gasteiger partial charge in [0.15, 0.2) is 57.5 Å². The molecule has 0 N–H and O–H groups in total. The summed E-state index contributed by atoms with van der Waals surface area (Å²) in [5.74, 6) is 9.57. The highest BCUT2D eigenvalue weighted by Crippen LogP contribution is 2.47. The molecular formula is C127H135N11O10. The summed E-state index contributed by atoms with van der Waals surface area (Å²) in [6.45, 7) is 33.0. The smallest absolute Gasteiger partial charge is 0.161 e. The van der Waals surface area contributed by atoms with Gasteiger partial charge in [-0.05, 0) is 368 Å². The number of rotatable bonds is 20. The lowest BCUT2D eigenvalue weighted by Gasteiger charge is -2.26. The van der Waals surface area contributed by atoms with E-state index < -0.39 is 0 Å². The van der Waals surface area contributed by atoms with Gasteiger partial charge in [-0.2, -0.15) is 0 Å². The summed E-state index contributed by atoms with van der Waals surface area (Å²) in [5, 5.41) is 0. The quantitative estimate of drug-likeness (QED) is 0.0700. The molecular weight excluding hydrogens is 1840 g/mol. The van der Waals surface area contributed by atoms with Gasteiger partial charge in [-0.1, -0.05) is 152 Å². The molecule has 0 amide bonds. The first-order chi connectivity index (χ1) is 72.5. The molecule has 758 valence electrons. The Balaban J connectivity index is 0.000000108. The summed E-state index contributed by atoms with van der Waals surface area (Å²) in [6.07, 6.45) is 15.8. The highest BCUT2D eigenvalue weighted by Gasteiger charge is 2.35.